The maximum atomic E-state index is 5.91. The summed E-state index contributed by atoms with van der Waals surface area (Å²) in [5.74, 6) is 2.27. The van der Waals surface area contributed by atoms with Gasteiger partial charge in [0.15, 0.2) is 5.96 Å². The van der Waals surface area contributed by atoms with Gasteiger partial charge in [-0.1, -0.05) is 33.6 Å². The Labute approximate surface area is 128 Å². The molecule has 120 valence electrons. The predicted octanol–water partition coefficient (Wildman–Crippen LogP) is 1.96. The molecule has 0 amide bonds. The molecule has 21 heavy (non-hydrogen) atoms. The molecule has 0 bridgehead atoms. The van der Waals surface area contributed by atoms with Crippen LogP contribution in [0, 0.1) is 5.92 Å². The van der Waals surface area contributed by atoms with Crippen LogP contribution in [0.1, 0.15) is 52.8 Å². The molecule has 1 aromatic heterocycles. The average molecular weight is 294 g/mol. The highest BCUT2D eigenvalue weighted by Gasteiger charge is 2.04. The van der Waals surface area contributed by atoms with Crippen molar-refractivity contribution in [1.82, 2.24) is 20.1 Å². The van der Waals surface area contributed by atoms with E-state index in [9.17, 15) is 0 Å². The lowest BCUT2D eigenvalue weighted by atomic mass is 10.0. The number of aliphatic imine (C=N–C) groups is 1. The number of aromatic nitrogens is 3. The first-order valence-corrected chi connectivity index (χ1v) is 7.96. The molecule has 0 aliphatic heterocycles. The van der Waals surface area contributed by atoms with Crippen molar-refractivity contribution in [3.8, 4) is 0 Å². The second kappa shape index (κ2) is 9.37. The van der Waals surface area contributed by atoms with Crippen molar-refractivity contribution in [2.24, 2.45) is 16.6 Å². The molecule has 0 radical (unpaired) electrons. The highest BCUT2D eigenvalue weighted by Crippen LogP contribution is 2.07. The molecule has 1 aromatic rings. The summed E-state index contributed by atoms with van der Waals surface area (Å²) in [5, 5.41) is 11.2. The second-order valence-corrected chi connectivity index (χ2v) is 5.93. The first kappa shape index (κ1) is 17.5. The summed E-state index contributed by atoms with van der Waals surface area (Å²) < 4.78 is 2.02. The van der Waals surface area contributed by atoms with Gasteiger partial charge in [-0.3, -0.25) is 4.99 Å². The van der Waals surface area contributed by atoms with Crippen LogP contribution in [0.25, 0.3) is 0 Å². The summed E-state index contributed by atoms with van der Waals surface area (Å²) in [5.41, 5.74) is 5.91. The summed E-state index contributed by atoms with van der Waals surface area (Å²) >= 11 is 0. The Bertz CT molecular complexity index is 424. The quantitative estimate of drug-likeness (QED) is 0.539. The Morgan fingerprint density at radius 3 is 2.81 bits per heavy atom. The number of aryl methyl sites for hydroxylation is 1. The monoisotopic (exact) mass is 294 g/mol. The van der Waals surface area contributed by atoms with Crippen LogP contribution in [0.15, 0.2) is 11.3 Å². The number of rotatable bonds is 9. The zero-order chi connectivity index (χ0) is 15.7. The lowest BCUT2D eigenvalue weighted by molar-refractivity contribution is 0.493. The van der Waals surface area contributed by atoms with Crippen molar-refractivity contribution in [1.29, 1.82) is 0 Å². The fraction of sp³-hybridized carbons (Fsp3) is 0.800. The van der Waals surface area contributed by atoms with Gasteiger partial charge in [0.1, 0.15) is 12.2 Å². The van der Waals surface area contributed by atoms with E-state index in [-0.39, 0.29) is 0 Å². The smallest absolute Gasteiger partial charge is 0.188 e. The normalized spacial score (nSPS) is 13.7. The van der Waals surface area contributed by atoms with Gasteiger partial charge in [0.25, 0.3) is 0 Å². The third-order valence-electron chi connectivity index (χ3n) is 3.45. The van der Waals surface area contributed by atoms with Gasteiger partial charge in [0.2, 0.25) is 0 Å². The summed E-state index contributed by atoms with van der Waals surface area (Å²) in [4.78, 5) is 4.36. The van der Waals surface area contributed by atoms with E-state index in [2.05, 4.69) is 48.2 Å². The molecule has 3 N–H and O–H groups in total. The van der Waals surface area contributed by atoms with Crippen LogP contribution in [0.3, 0.4) is 0 Å². The highest BCUT2D eigenvalue weighted by molar-refractivity contribution is 5.78. The highest BCUT2D eigenvalue weighted by atomic mass is 15.3. The second-order valence-electron chi connectivity index (χ2n) is 5.93. The van der Waals surface area contributed by atoms with E-state index >= 15 is 0 Å². The van der Waals surface area contributed by atoms with Gasteiger partial charge in [-0.2, -0.15) is 0 Å². The Morgan fingerprint density at radius 2 is 2.14 bits per heavy atom. The lowest BCUT2D eigenvalue weighted by Crippen LogP contribution is -2.38. The lowest BCUT2D eigenvalue weighted by Gasteiger charge is -2.15. The van der Waals surface area contributed by atoms with Crippen LogP contribution in [0.5, 0.6) is 0 Å². The van der Waals surface area contributed by atoms with Crippen molar-refractivity contribution < 1.29 is 0 Å². The van der Waals surface area contributed by atoms with E-state index in [0.29, 0.717) is 18.5 Å². The standard InChI is InChI=1S/C15H30N6/c1-5-14-20-18-11-21(14)10-9-17-15(16)19-13(4)8-6-7-12(2)3/h11-13H,5-10H2,1-4H3,(H3,16,17,19). The fourth-order valence-electron chi connectivity index (χ4n) is 2.22. The minimum atomic E-state index is 0.369. The molecule has 0 fully saturated rings. The predicted molar refractivity (Wildman–Crippen MR) is 87.2 cm³/mol. The van der Waals surface area contributed by atoms with Crippen LogP contribution in [0.4, 0.5) is 0 Å². The van der Waals surface area contributed by atoms with Gasteiger partial charge in [0.05, 0.1) is 6.54 Å². The van der Waals surface area contributed by atoms with Crippen molar-refractivity contribution in [2.45, 2.75) is 66.0 Å². The van der Waals surface area contributed by atoms with Gasteiger partial charge in [-0.15, -0.1) is 10.2 Å². The summed E-state index contributed by atoms with van der Waals surface area (Å²) in [6.07, 6.45) is 6.23. The molecule has 0 spiro atoms. The Morgan fingerprint density at radius 1 is 1.38 bits per heavy atom. The molecular weight excluding hydrogens is 264 g/mol. The number of hydrogen-bond donors (Lipinski definition) is 2. The number of nitrogens with zero attached hydrogens (tertiary/aromatic N) is 4. The zero-order valence-electron chi connectivity index (χ0n) is 13.8. The SMILES string of the molecule is CCc1nncn1CCN=C(N)NC(C)CCCC(C)C. The van der Waals surface area contributed by atoms with Crippen LogP contribution >= 0.6 is 0 Å². The van der Waals surface area contributed by atoms with E-state index in [1.54, 1.807) is 6.33 Å². The Kier molecular flexibility index (Phi) is 7.79. The topological polar surface area (TPSA) is 81.1 Å². The molecule has 0 aromatic carbocycles. The summed E-state index contributed by atoms with van der Waals surface area (Å²) in [7, 11) is 0. The number of guanidine groups is 1. The molecule has 6 nitrogen and oxygen atoms in total. The molecule has 1 rings (SSSR count). The minimum absolute atomic E-state index is 0.369. The third kappa shape index (κ3) is 7.11. The van der Waals surface area contributed by atoms with Gasteiger partial charge < -0.3 is 15.6 Å². The van der Waals surface area contributed by atoms with E-state index in [1.165, 1.54) is 12.8 Å². The third-order valence-corrected chi connectivity index (χ3v) is 3.45. The van der Waals surface area contributed by atoms with Gasteiger partial charge in [0, 0.05) is 19.0 Å². The van der Waals surface area contributed by atoms with Crippen LogP contribution in [-0.2, 0) is 13.0 Å². The van der Waals surface area contributed by atoms with Crippen LogP contribution in [0.2, 0.25) is 0 Å². The average Bonchev–Trinajstić information content (AvgIpc) is 2.85. The maximum Gasteiger partial charge on any atom is 0.188 e. The first-order valence-electron chi connectivity index (χ1n) is 7.96. The summed E-state index contributed by atoms with van der Waals surface area (Å²) in [6, 6.07) is 0.369. The number of hydrogen-bond acceptors (Lipinski definition) is 3. The maximum absolute atomic E-state index is 5.91. The van der Waals surface area contributed by atoms with Crippen LogP contribution < -0.4 is 11.1 Å². The summed E-state index contributed by atoms with van der Waals surface area (Å²) in [6.45, 7) is 10.1. The molecule has 0 saturated carbocycles. The van der Waals surface area contributed by atoms with E-state index in [4.69, 9.17) is 5.73 Å². The molecule has 1 unspecified atom stereocenters. The number of nitrogens with two attached hydrogens (primary N) is 1. The van der Waals surface area contributed by atoms with Crippen LogP contribution in [-0.4, -0.2) is 33.3 Å². The van der Waals surface area contributed by atoms with E-state index in [1.807, 2.05) is 4.57 Å². The molecule has 1 atom stereocenters. The Balaban J connectivity index is 2.26. The molecule has 0 saturated heterocycles. The van der Waals surface area contributed by atoms with Gasteiger partial charge in [-0.05, 0) is 19.3 Å². The molecule has 1 heterocycles. The molecular formula is C15H30N6. The van der Waals surface area contributed by atoms with Gasteiger partial charge >= 0.3 is 0 Å². The van der Waals surface area contributed by atoms with Crippen molar-refractivity contribution in [3.63, 3.8) is 0 Å². The number of nitrogens with one attached hydrogen (secondary N) is 1. The minimum Gasteiger partial charge on any atom is -0.370 e. The van der Waals surface area contributed by atoms with E-state index < -0.39 is 0 Å². The molecule has 0 aliphatic carbocycles. The van der Waals surface area contributed by atoms with Crippen molar-refractivity contribution in [3.05, 3.63) is 12.2 Å². The zero-order valence-corrected chi connectivity index (χ0v) is 13.8. The largest absolute Gasteiger partial charge is 0.370 e. The fourth-order valence-corrected chi connectivity index (χ4v) is 2.22. The molecule has 6 heteroatoms. The van der Waals surface area contributed by atoms with Crippen molar-refractivity contribution >= 4 is 5.96 Å². The Hall–Kier alpha value is -1.59. The first-order chi connectivity index (χ1) is 10.0. The van der Waals surface area contributed by atoms with Crippen molar-refractivity contribution in [2.75, 3.05) is 6.54 Å². The van der Waals surface area contributed by atoms with E-state index in [0.717, 1.165) is 31.1 Å². The van der Waals surface area contributed by atoms with Gasteiger partial charge in [-0.25, -0.2) is 0 Å². The molecule has 0 aliphatic rings.